The molecule has 1 fully saturated rings. The summed E-state index contributed by atoms with van der Waals surface area (Å²) in [6.07, 6.45) is 1.85. The zero-order valence-electron chi connectivity index (χ0n) is 9.98. The van der Waals surface area contributed by atoms with E-state index in [1.165, 1.54) is 0 Å². The van der Waals surface area contributed by atoms with Crippen LogP contribution < -0.4 is 15.4 Å². The SMILES string of the molecule is CCOc1ccnc(NCC2CNCCO2)n1. The van der Waals surface area contributed by atoms with Gasteiger partial charge in [0.25, 0.3) is 0 Å². The van der Waals surface area contributed by atoms with Crippen LogP contribution in [0.4, 0.5) is 5.95 Å². The molecular formula is C11H18N4O2. The Labute approximate surface area is 101 Å². The largest absolute Gasteiger partial charge is 0.478 e. The van der Waals surface area contributed by atoms with Crippen LogP contribution in [0.2, 0.25) is 0 Å². The lowest BCUT2D eigenvalue weighted by Gasteiger charge is -2.23. The topological polar surface area (TPSA) is 68.3 Å². The molecule has 2 heterocycles. The number of rotatable bonds is 5. The van der Waals surface area contributed by atoms with Crippen LogP contribution in [0.5, 0.6) is 5.88 Å². The monoisotopic (exact) mass is 238 g/mol. The molecule has 0 aliphatic carbocycles. The van der Waals surface area contributed by atoms with Gasteiger partial charge in [-0.25, -0.2) is 4.98 Å². The smallest absolute Gasteiger partial charge is 0.226 e. The highest BCUT2D eigenvalue weighted by molar-refractivity contribution is 5.27. The molecule has 0 bridgehead atoms. The van der Waals surface area contributed by atoms with Gasteiger partial charge in [-0.3, -0.25) is 0 Å². The van der Waals surface area contributed by atoms with Gasteiger partial charge in [0.15, 0.2) is 0 Å². The fourth-order valence-electron chi connectivity index (χ4n) is 1.61. The molecule has 1 aliphatic rings. The summed E-state index contributed by atoms with van der Waals surface area (Å²) in [5.41, 5.74) is 0. The lowest BCUT2D eigenvalue weighted by atomic mass is 10.3. The molecule has 6 heteroatoms. The number of aromatic nitrogens is 2. The number of hydrogen-bond acceptors (Lipinski definition) is 6. The van der Waals surface area contributed by atoms with Gasteiger partial charge in [-0.05, 0) is 6.92 Å². The molecule has 1 aromatic rings. The summed E-state index contributed by atoms with van der Waals surface area (Å²) >= 11 is 0. The van der Waals surface area contributed by atoms with Crippen molar-refractivity contribution >= 4 is 5.95 Å². The Hall–Kier alpha value is -1.40. The van der Waals surface area contributed by atoms with Crippen molar-refractivity contribution in [2.75, 3.05) is 38.2 Å². The van der Waals surface area contributed by atoms with Crippen molar-refractivity contribution in [3.63, 3.8) is 0 Å². The molecule has 0 radical (unpaired) electrons. The number of morpholine rings is 1. The molecule has 2 rings (SSSR count). The van der Waals surface area contributed by atoms with E-state index in [9.17, 15) is 0 Å². The Morgan fingerprint density at radius 2 is 2.59 bits per heavy atom. The van der Waals surface area contributed by atoms with E-state index in [2.05, 4.69) is 20.6 Å². The second-order valence-corrected chi connectivity index (χ2v) is 3.73. The van der Waals surface area contributed by atoms with Crippen LogP contribution in [0.1, 0.15) is 6.92 Å². The van der Waals surface area contributed by atoms with Gasteiger partial charge in [0.1, 0.15) is 0 Å². The van der Waals surface area contributed by atoms with Crippen molar-refractivity contribution in [3.8, 4) is 5.88 Å². The summed E-state index contributed by atoms with van der Waals surface area (Å²) in [5, 5.41) is 6.42. The highest BCUT2D eigenvalue weighted by Crippen LogP contribution is 2.08. The maximum atomic E-state index is 5.57. The van der Waals surface area contributed by atoms with Crippen LogP contribution in [0, 0.1) is 0 Å². The molecule has 6 nitrogen and oxygen atoms in total. The van der Waals surface area contributed by atoms with Crippen LogP contribution in [0.3, 0.4) is 0 Å². The third kappa shape index (κ3) is 3.83. The van der Waals surface area contributed by atoms with Gasteiger partial charge in [-0.1, -0.05) is 0 Å². The number of nitrogens with zero attached hydrogens (tertiary/aromatic N) is 2. The van der Waals surface area contributed by atoms with Crippen molar-refractivity contribution in [1.82, 2.24) is 15.3 Å². The van der Waals surface area contributed by atoms with Gasteiger partial charge in [0, 0.05) is 31.9 Å². The third-order valence-electron chi connectivity index (χ3n) is 2.41. The normalized spacial score (nSPS) is 19.9. The standard InChI is InChI=1S/C11H18N4O2/c1-2-16-10-3-4-13-11(15-10)14-8-9-7-12-5-6-17-9/h3-4,9,12H,2,5-8H2,1H3,(H,13,14,15). The summed E-state index contributed by atoms with van der Waals surface area (Å²) < 4.78 is 10.9. The lowest BCUT2D eigenvalue weighted by molar-refractivity contribution is 0.0371. The molecule has 0 spiro atoms. The van der Waals surface area contributed by atoms with Crippen molar-refractivity contribution in [1.29, 1.82) is 0 Å². The van der Waals surface area contributed by atoms with E-state index in [1.807, 2.05) is 6.92 Å². The highest BCUT2D eigenvalue weighted by atomic mass is 16.5. The predicted octanol–water partition coefficient (Wildman–Crippen LogP) is 0.276. The molecule has 17 heavy (non-hydrogen) atoms. The molecule has 1 unspecified atom stereocenters. The van der Waals surface area contributed by atoms with Crippen molar-refractivity contribution in [2.45, 2.75) is 13.0 Å². The Kier molecular flexibility index (Phi) is 4.52. The first-order valence-electron chi connectivity index (χ1n) is 5.90. The van der Waals surface area contributed by atoms with Crippen LogP contribution in [0.25, 0.3) is 0 Å². The summed E-state index contributed by atoms with van der Waals surface area (Å²) in [5.74, 6) is 1.16. The Balaban J connectivity index is 1.83. The molecule has 0 aromatic carbocycles. The van der Waals surface area contributed by atoms with E-state index in [0.717, 1.165) is 19.7 Å². The van der Waals surface area contributed by atoms with Crippen LogP contribution in [-0.2, 0) is 4.74 Å². The van der Waals surface area contributed by atoms with Gasteiger partial charge in [0.2, 0.25) is 11.8 Å². The molecule has 1 saturated heterocycles. The van der Waals surface area contributed by atoms with Crippen LogP contribution in [-0.4, -0.2) is 48.9 Å². The fourth-order valence-corrected chi connectivity index (χ4v) is 1.61. The second-order valence-electron chi connectivity index (χ2n) is 3.73. The molecule has 2 N–H and O–H groups in total. The van der Waals surface area contributed by atoms with E-state index in [1.54, 1.807) is 12.3 Å². The number of ether oxygens (including phenoxy) is 2. The van der Waals surface area contributed by atoms with Crippen molar-refractivity contribution in [3.05, 3.63) is 12.3 Å². The summed E-state index contributed by atoms with van der Waals surface area (Å²) in [4.78, 5) is 8.35. The molecular weight excluding hydrogens is 220 g/mol. The van der Waals surface area contributed by atoms with Crippen LogP contribution >= 0.6 is 0 Å². The summed E-state index contributed by atoms with van der Waals surface area (Å²) in [7, 11) is 0. The minimum atomic E-state index is 0.170. The van der Waals surface area contributed by atoms with E-state index < -0.39 is 0 Å². The molecule has 1 aliphatic heterocycles. The van der Waals surface area contributed by atoms with E-state index in [-0.39, 0.29) is 6.10 Å². The fraction of sp³-hybridized carbons (Fsp3) is 0.636. The zero-order chi connectivity index (χ0) is 11.9. The number of hydrogen-bond donors (Lipinski definition) is 2. The second kappa shape index (κ2) is 6.36. The molecule has 0 saturated carbocycles. The minimum Gasteiger partial charge on any atom is -0.478 e. The van der Waals surface area contributed by atoms with E-state index in [0.29, 0.717) is 25.0 Å². The van der Waals surface area contributed by atoms with E-state index in [4.69, 9.17) is 9.47 Å². The van der Waals surface area contributed by atoms with Gasteiger partial charge in [0.05, 0.1) is 19.3 Å². The lowest BCUT2D eigenvalue weighted by Crippen LogP contribution is -2.42. The molecule has 0 amide bonds. The van der Waals surface area contributed by atoms with Crippen molar-refractivity contribution in [2.24, 2.45) is 0 Å². The van der Waals surface area contributed by atoms with Gasteiger partial charge >= 0.3 is 0 Å². The average Bonchev–Trinajstić information content (AvgIpc) is 2.39. The summed E-state index contributed by atoms with van der Waals surface area (Å²) in [6.45, 7) is 5.77. The summed E-state index contributed by atoms with van der Waals surface area (Å²) in [6, 6.07) is 1.74. The predicted molar refractivity (Wildman–Crippen MR) is 64.3 cm³/mol. The van der Waals surface area contributed by atoms with Crippen molar-refractivity contribution < 1.29 is 9.47 Å². The molecule has 1 aromatic heterocycles. The number of anilines is 1. The Morgan fingerprint density at radius 1 is 1.65 bits per heavy atom. The molecule has 94 valence electrons. The minimum absolute atomic E-state index is 0.170. The first-order valence-corrected chi connectivity index (χ1v) is 5.90. The maximum absolute atomic E-state index is 5.57. The third-order valence-corrected chi connectivity index (χ3v) is 2.41. The van der Waals surface area contributed by atoms with E-state index >= 15 is 0 Å². The Bertz CT molecular complexity index is 342. The van der Waals surface area contributed by atoms with Gasteiger partial charge < -0.3 is 20.1 Å². The first-order chi connectivity index (χ1) is 8.38. The van der Waals surface area contributed by atoms with Gasteiger partial charge in [-0.2, -0.15) is 4.98 Å². The quantitative estimate of drug-likeness (QED) is 0.767. The Morgan fingerprint density at radius 3 is 3.35 bits per heavy atom. The average molecular weight is 238 g/mol. The van der Waals surface area contributed by atoms with Crippen LogP contribution in [0.15, 0.2) is 12.3 Å². The first kappa shape index (κ1) is 12.1. The highest BCUT2D eigenvalue weighted by Gasteiger charge is 2.13. The molecule has 1 atom stereocenters. The number of nitrogens with one attached hydrogen (secondary N) is 2. The zero-order valence-corrected chi connectivity index (χ0v) is 9.98. The maximum Gasteiger partial charge on any atom is 0.226 e. The van der Waals surface area contributed by atoms with Gasteiger partial charge in [-0.15, -0.1) is 0 Å².